The fourth-order valence-corrected chi connectivity index (χ4v) is 3.53. The van der Waals surface area contributed by atoms with E-state index in [0.29, 0.717) is 6.04 Å². The minimum Gasteiger partial charge on any atom is -0.478 e. The van der Waals surface area contributed by atoms with E-state index in [-0.39, 0.29) is 5.54 Å². The third-order valence-electron chi connectivity index (χ3n) is 4.78. The summed E-state index contributed by atoms with van der Waals surface area (Å²) < 4.78 is 0. The minimum atomic E-state index is -0.947. The number of carboxylic acids is 1. The van der Waals surface area contributed by atoms with Crippen LogP contribution in [0.1, 0.15) is 38.1 Å². The first-order chi connectivity index (χ1) is 11.9. The summed E-state index contributed by atoms with van der Waals surface area (Å²) in [6, 6.07) is 6.15. The highest BCUT2D eigenvalue weighted by Crippen LogP contribution is 2.33. The molecule has 0 amide bonds. The van der Waals surface area contributed by atoms with Crippen molar-refractivity contribution in [2.24, 2.45) is 0 Å². The zero-order chi connectivity index (χ0) is 18.0. The van der Waals surface area contributed by atoms with Crippen molar-refractivity contribution in [1.29, 1.82) is 0 Å². The van der Waals surface area contributed by atoms with Gasteiger partial charge in [0, 0.05) is 25.2 Å². The van der Waals surface area contributed by atoms with E-state index in [0.717, 1.165) is 54.4 Å². The molecule has 1 aliphatic heterocycles. The standard InChI is InChI=1S/C19H26N4O2/c1-13(2)22-19(8-10-23(3)11-9-19)18-20-15-6-4-14(5-7-17(24)25)12-16(15)21-18/h4-7,12-13,22H,8-11H2,1-3H3,(H,20,21)(H,24,25)/b7-5+. The monoisotopic (exact) mass is 342 g/mol. The number of H-pyrrole nitrogens is 1. The lowest BCUT2D eigenvalue weighted by Crippen LogP contribution is -2.53. The Morgan fingerprint density at radius 3 is 2.76 bits per heavy atom. The predicted molar refractivity (Wildman–Crippen MR) is 99.4 cm³/mol. The lowest BCUT2D eigenvalue weighted by Gasteiger charge is -2.41. The van der Waals surface area contributed by atoms with Gasteiger partial charge in [0.05, 0.1) is 16.6 Å². The van der Waals surface area contributed by atoms with Gasteiger partial charge in [-0.1, -0.05) is 6.07 Å². The van der Waals surface area contributed by atoms with Crippen molar-refractivity contribution in [1.82, 2.24) is 20.2 Å². The lowest BCUT2D eigenvalue weighted by molar-refractivity contribution is -0.131. The fraction of sp³-hybridized carbons (Fsp3) is 0.474. The summed E-state index contributed by atoms with van der Waals surface area (Å²) in [6.07, 6.45) is 4.76. The van der Waals surface area contributed by atoms with Crippen LogP contribution < -0.4 is 5.32 Å². The maximum absolute atomic E-state index is 10.7. The van der Waals surface area contributed by atoms with Gasteiger partial charge in [-0.2, -0.15) is 0 Å². The molecule has 1 aromatic heterocycles. The van der Waals surface area contributed by atoms with Crippen molar-refractivity contribution in [3.05, 3.63) is 35.7 Å². The summed E-state index contributed by atoms with van der Waals surface area (Å²) in [5.41, 5.74) is 2.55. The van der Waals surface area contributed by atoms with Gasteiger partial charge in [-0.15, -0.1) is 0 Å². The number of hydrogen-bond acceptors (Lipinski definition) is 4. The van der Waals surface area contributed by atoms with Gasteiger partial charge in [0.1, 0.15) is 5.82 Å². The van der Waals surface area contributed by atoms with E-state index < -0.39 is 5.97 Å². The predicted octanol–water partition coefficient (Wildman–Crippen LogP) is 2.58. The van der Waals surface area contributed by atoms with Crippen molar-refractivity contribution in [3.8, 4) is 0 Å². The van der Waals surface area contributed by atoms with Crippen LogP contribution in [0.4, 0.5) is 0 Å². The van der Waals surface area contributed by atoms with Crippen LogP contribution in [-0.4, -0.2) is 52.1 Å². The Morgan fingerprint density at radius 2 is 2.12 bits per heavy atom. The largest absolute Gasteiger partial charge is 0.478 e. The molecule has 2 heterocycles. The van der Waals surface area contributed by atoms with Crippen molar-refractivity contribution in [3.63, 3.8) is 0 Å². The summed E-state index contributed by atoms with van der Waals surface area (Å²) in [6.45, 7) is 6.39. The molecule has 0 aliphatic carbocycles. The molecule has 6 heteroatoms. The molecule has 2 aromatic rings. The normalized spacial score (nSPS) is 18.4. The van der Waals surface area contributed by atoms with E-state index in [1.807, 2.05) is 18.2 Å². The molecule has 134 valence electrons. The van der Waals surface area contributed by atoms with E-state index >= 15 is 0 Å². The number of nitrogens with zero attached hydrogens (tertiary/aromatic N) is 2. The van der Waals surface area contributed by atoms with Crippen LogP contribution >= 0.6 is 0 Å². The maximum Gasteiger partial charge on any atom is 0.328 e. The lowest BCUT2D eigenvalue weighted by atomic mass is 9.86. The van der Waals surface area contributed by atoms with E-state index in [9.17, 15) is 4.79 Å². The third-order valence-corrected chi connectivity index (χ3v) is 4.78. The van der Waals surface area contributed by atoms with Gasteiger partial charge in [-0.3, -0.25) is 0 Å². The average molecular weight is 342 g/mol. The molecular weight excluding hydrogens is 316 g/mol. The molecule has 0 spiro atoms. The van der Waals surface area contributed by atoms with Crippen LogP contribution in [0, 0.1) is 0 Å². The molecule has 1 aromatic carbocycles. The first-order valence-electron chi connectivity index (χ1n) is 8.75. The highest BCUT2D eigenvalue weighted by Gasteiger charge is 2.38. The number of imidazole rings is 1. The number of carboxylic acid groups (broad SMARTS) is 1. The van der Waals surface area contributed by atoms with Gasteiger partial charge in [0.15, 0.2) is 0 Å². The molecule has 1 fully saturated rings. The van der Waals surface area contributed by atoms with Crippen molar-refractivity contribution < 1.29 is 9.90 Å². The summed E-state index contributed by atoms with van der Waals surface area (Å²) in [4.78, 5) is 21.4. The zero-order valence-corrected chi connectivity index (χ0v) is 15.0. The number of carbonyl (C=O) groups is 1. The number of likely N-dealkylation sites (tertiary alicyclic amines) is 1. The third kappa shape index (κ3) is 3.91. The van der Waals surface area contributed by atoms with Gasteiger partial charge in [0.25, 0.3) is 0 Å². The Hall–Kier alpha value is -2.18. The van der Waals surface area contributed by atoms with Crippen molar-refractivity contribution in [2.45, 2.75) is 38.3 Å². The number of fused-ring (bicyclic) bond motifs is 1. The van der Waals surface area contributed by atoms with Gasteiger partial charge in [0.2, 0.25) is 0 Å². The number of aliphatic carboxylic acids is 1. The van der Waals surface area contributed by atoms with Crippen LogP contribution in [0.2, 0.25) is 0 Å². The number of rotatable bonds is 5. The summed E-state index contributed by atoms with van der Waals surface area (Å²) in [7, 11) is 2.15. The number of aromatic nitrogens is 2. The van der Waals surface area contributed by atoms with Crippen LogP contribution in [0.5, 0.6) is 0 Å². The molecule has 0 atom stereocenters. The minimum absolute atomic E-state index is 0.142. The number of aromatic amines is 1. The molecule has 6 nitrogen and oxygen atoms in total. The van der Waals surface area contributed by atoms with E-state index in [2.05, 4.69) is 36.1 Å². The van der Waals surface area contributed by atoms with E-state index in [1.54, 1.807) is 6.08 Å². The molecule has 25 heavy (non-hydrogen) atoms. The molecule has 0 radical (unpaired) electrons. The van der Waals surface area contributed by atoms with Crippen molar-refractivity contribution in [2.75, 3.05) is 20.1 Å². The van der Waals surface area contributed by atoms with Gasteiger partial charge in [-0.05, 0) is 57.5 Å². The highest BCUT2D eigenvalue weighted by molar-refractivity contribution is 5.86. The van der Waals surface area contributed by atoms with Crippen LogP contribution in [0.15, 0.2) is 24.3 Å². The zero-order valence-electron chi connectivity index (χ0n) is 15.0. The quantitative estimate of drug-likeness (QED) is 0.728. The Bertz CT molecular complexity index is 786. The van der Waals surface area contributed by atoms with Crippen molar-refractivity contribution >= 4 is 23.1 Å². The second-order valence-corrected chi connectivity index (χ2v) is 7.22. The highest BCUT2D eigenvalue weighted by atomic mass is 16.4. The number of benzene rings is 1. The second kappa shape index (κ2) is 6.98. The van der Waals surface area contributed by atoms with E-state index in [4.69, 9.17) is 10.1 Å². The van der Waals surface area contributed by atoms with Crippen LogP contribution in [-0.2, 0) is 10.3 Å². The molecule has 0 unspecified atom stereocenters. The first kappa shape index (κ1) is 17.6. The summed E-state index contributed by atoms with van der Waals surface area (Å²) >= 11 is 0. The molecule has 3 N–H and O–H groups in total. The van der Waals surface area contributed by atoms with Crippen LogP contribution in [0.3, 0.4) is 0 Å². The molecular formula is C19H26N4O2. The van der Waals surface area contributed by atoms with E-state index in [1.165, 1.54) is 0 Å². The van der Waals surface area contributed by atoms with Gasteiger partial charge < -0.3 is 20.3 Å². The molecule has 1 saturated heterocycles. The van der Waals surface area contributed by atoms with Crippen LogP contribution in [0.25, 0.3) is 17.1 Å². The Balaban J connectivity index is 1.96. The molecule has 0 saturated carbocycles. The molecule has 0 bridgehead atoms. The smallest absolute Gasteiger partial charge is 0.328 e. The first-order valence-corrected chi connectivity index (χ1v) is 8.75. The fourth-order valence-electron chi connectivity index (χ4n) is 3.53. The summed E-state index contributed by atoms with van der Waals surface area (Å²) in [5.74, 6) is 0.0282. The average Bonchev–Trinajstić information content (AvgIpc) is 2.98. The molecule has 1 aliphatic rings. The SMILES string of the molecule is CC(C)NC1(c2nc3ccc(/C=C/C(=O)O)cc3[nH]2)CCN(C)CC1. The Morgan fingerprint density at radius 1 is 1.40 bits per heavy atom. The number of piperidine rings is 1. The number of hydrogen-bond donors (Lipinski definition) is 3. The Labute approximate surface area is 147 Å². The van der Waals surface area contributed by atoms with Gasteiger partial charge in [-0.25, -0.2) is 9.78 Å². The molecule has 3 rings (SSSR count). The Kier molecular flexibility index (Phi) is 4.92. The topological polar surface area (TPSA) is 81.2 Å². The maximum atomic E-state index is 10.7. The van der Waals surface area contributed by atoms with Gasteiger partial charge >= 0.3 is 5.97 Å². The second-order valence-electron chi connectivity index (χ2n) is 7.22. The summed E-state index contributed by atoms with van der Waals surface area (Å²) in [5, 5.41) is 12.5. The number of nitrogens with one attached hydrogen (secondary N) is 2.